The summed E-state index contributed by atoms with van der Waals surface area (Å²) in [6, 6.07) is 7.55. The van der Waals surface area contributed by atoms with Crippen molar-refractivity contribution in [2.75, 3.05) is 40.3 Å². The molecule has 1 saturated heterocycles. The SMILES string of the molecule is CN1CCC(N(C)C(CN)c2ccc3c(c2)CCO3)CC1. The van der Waals surface area contributed by atoms with Gasteiger partial charge in [-0.3, -0.25) is 4.90 Å². The molecule has 3 rings (SSSR count). The van der Waals surface area contributed by atoms with Crippen molar-refractivity contribution in [3.8, 4) is 5.75 Å². The van der Waals surface area contributed by atoms with Crippen LogP contribution in [0.1, 0.15) is 30.0 Å². The molecule has 1 unspecified atom stereocenters. The summed E-state index contributed by atoms with van der Waals surface area (Å²) < 4.78 is 5.61. The van der Waals surface area contributed by atoms with Gasteiger partial charge in [-0.05, 0) is 57.2 Å². The number of nitrogens with zero attached hydrogens (tertiary/aromatic N) is 2. The Kier molecular flexibility index (Phi) is 4.48. The number of hydrogen-bond acceptors (Lipinski definition) is 4. The second-order valence-corrected chi connectivity index (χ2v) is 6.42. The van der Waals surface area contributed by atoms with E-state index in [1.54, 1.807) is 0 Å². The zero-order chi connectivity index (χ0) is 14.8. The van der Waals surface area contributed by atoms with Crippen LogP contribution in [-0.4, -0.2) is 56.2 Å². The first-order valence-electron chi connectivity index (χ1n) is 8.05. The Hall–Kier alpha value is -1.10. The fourth-order valence-corrected chi connectivity index (χ4v) is 3.61. The van der Waals surface area contributed by atoms with Gasteiger partial charge in [0.05, 0.1) is 6.61 Å². The van der Waals surface area contributed by atoms with E-state index in [4.69, 9.17) is 10.5 Å². The summed E-state index contributed by atoms with van der Waals surface area (Å²) >= 11 is 0. The molecule has 2 heterocycles. The Morgan fingerprint density at radius 3 is 2.86 bits per heavy atom. The van der Waals surface area contributed by atoms with Crippen LogP contribution in [-0.2, 0) is 6.42 Å². The summed E-state index contributed by atoms with van der Waals surface area (Å²) in [4.78, 5) is 4.90. The summed E-state index contributed by atoms with van der Waals surface area (Å²) in [6.07, 6.45) is 3.49. The highest BCUT2D eigenvalue weighted by molar-refractivity contribution is 5.41. The molecule has 2 aliphatic rings. The lowest BCUT2D eigenvalue weighted by Crippen LogP contribution is -2.45. The lowest BCUT2D eigenvalue weighted by Gasteiger charge is -2.39. The molecule has 0 saturated carbocycles. The van der Waals surface area contributed by atoms with Gasteiger partial charge in [0.2, 0.25) is 0 Å². The highest BCUT2D eigenvalue weighted by Gasteiger charge is 2.27. The van der Waals surface area contributed by atoms with Crippen LogP contribution in [0.3, 0.4) is 0 Å². The number of nitrogens with two attached hydrogens (primary N) is 1. The lowest BCUT2D eigenvalue weighted by atomic mass is 9.97. The van der Waals surface area contributed by atoms with Crippen molar-refractivity contribution in [3.63, 3.8) is 0 Å². The van der Waals surface area contributed by atoms with Gasteiger partial charge in [0.1, 0.15) is 5.75 Å². The standard InChI is InChI=1S/C17H27N3O/c1-19-8-5-15(6-9-19)20(2)16(12-18)13-3-4-17-14(11-13)7-10-21-17/h3-4,11,15-16H,5-10,12,18H2,1-2H3. The summed E-state index contributed by atoms with van der Waals surface area (Å²) in [5, 5.41) is 0. The van der Waals surface area contributed by atoms with Crippen LogP contribution in [0.15, 0.2) is 18.2 Å². The van der Waals surface area contributed by atoms with Gasteiger partial charge in [-0.1, -0.05) is 12.1 Å². The van der Waals surface area contributed by atoms with E-state index in [1.165, 1.54) is 37.1 Å². The van der Waals surface area contributed by atoms with Gasteiger partial charge >= 0.3 is 0 Å². The van der Waals surface area contributed by atoms with Crippen molar-refractivity contribution in [3.05, 3.63) is 29.3 Å². The molecule has 0 aromatic heterocycles. The van der Waals surface area contributed by atoms with E-state index in [-0.39, 0.29) is 0 Å². The molecule has 1 aromatic carbocycles. The van der Waals surface area contributed by atoms with Crippen LogP contribution in [0.5, 0.6) is 5.75 Å². The molecule has 0 bridgehead atoms. The zero-order valence-electron chi connectivity index (χ0n) is 13.2. The molecule has 4 nitrogen and oxygen atoms in total. The van der Waals surface area contributed by atoms with Gasteiger partial charge in [-0.2, -0.15) is 0 Å². The number of benzene rings is 1. The maximum Gasteiger partial charge on any atom is 0.122 e. The Bertz CT molecular complexity index is 483. The van der Waals surface area contributed by atoms with Crippen LogP contribution < -0.4 is 10.5 Å². The molecule has 0 amide bonds. The Morgan fingerprint density at radius 1 is 1.38 bits per heavy atom. The van der Waals surface area contributed by atoms with Crippen LogP contribution >= 0.6 is 0 Å². The summed E-state index contributed by atoms with van der Waals surface area (Å²) in [5.74, 6) is 1.05. The normalized spacial score (nSPS) is 21.3. The van der Waals surface area contributed by atoms with E-state index in [0.717, 1.165) is 18.8 Å². The number of likely N-dealkylation sites (N-methyl/N-ethyl adjacent to an activating group) is 1. The van der Waals surface area contributed by atoms with Crippen LogP contribution in [0.25, 0.3) is 0 Å². The smallest absolute Gasteiger partial charge is 0.122 e. The number of rotatable bonds is 4. The van der Waals surface area contributed by atoms with E-state index < -0.39 is 0 Å². The topological polar surface area (TPSA) is 41.7 Å². The van der Waals surface area contributed by atoms with E-state index in [1.807, 2.05) is 0 Å². The number of hydrogen-bond donors (Lipinski definition) is 1. The monoisotopic (exact) mass is 289 g/mol. The number of fused-ring (bicyclic) bond motifs is 1. The van der Waals surface area contributed by atoms with Gasteiger partial charge in [-0.15, -0.1) is 0 Å². The number of ether oxygens (including phenoxy) is 1. The average molecular weight is 289 g/mol. The fourth-order valence-electron chi connectivity index (χ4n) is 3.61. The van der Waals surface area contributed by atoms with Crippen LogP contribution in [0, 0.1) is 0 Å². The summed E-state index contributed by atoms with van der Waals surface area (Å²) in [5.41, 5.74) is 8.77. The Morgan fingerprint density at radius 2 is 2.14 bits per heavy atom. The average Bonchev–Trinajstić information content (AvgIpc) is 2.96. The predicted octanol–water partition coefficient (Wildman–Crippen LogP) is 1.65. The third-order valence-electron chi connectivity index (χ3n) is 5.08. The minimum Gasteiger partial charge on any atom is -0.493 e. The zero-order valence-corrected chi connectivity index (χ0v) is 13.2. The first kappa shape index (κ1) is 14.8. The highest BCUT2D eigenvalue weighted by Crippen LogP contribution is 2.31. The van der Waals surface area contributed by atoms with E-state index >= 15 is 0 Å². The Labute approximate surface area is 127 Å². The van der Waals surface area contributed by atoms with E-state index in [0.29, 0.717) is 18.6 Å². The summed E-state index contributed by atoms with van der Waals surface area (Å²) in [6.45, 7) is 3.86. The number of likely N-dealkylation sites (tertiary alicyclic amines) is 1. The predicted molar refractivity (Wildman–Crippen MR) is 85.7 cm³/mol. The molecule has 1 atom stereocenters. The molecule has 2 aliphatic heterocycles. The highest BCUT2D eigenvalue weighted by atomic mass is 16.5. The summed E-state index contributed by atoms with van der Waals surface area (Å²) in [7, 11) is 4.44. The van der Waals surface area contributed by atoms with Gasteiger partial charge in [0.15, 0.2) is 0 Å². The number of piperidine rings is 1. The van der Waals surface area contributed by atoms with E-state index in [2.05, 4.69) is 42.1 Å². The first-order chi connectivity index (χ1) is 10.2. The van der Waals surface area contributed by atoms with Crippen molar-refractivity contribution >= 4 is 0 Å². The largest absolute Gasteiger partial charge is 0.493 e. The maximum absolute atomic E-state index is 6.10. The molecule has 1 fully saturated rings. The molecule has 0 radical (unpaired) electrons. The minimum absolute atomic E-state index is 0.310. The molecular formula is C17H27N3O. The van der Waals surface area contributed by atoms with Gasteiger partial charge in [0, 0.05) is 25.0 Å². The fraction of sp³-hybridized carbons (Fsp3) is 0.647. The molecule has 4 heteroatoms. The molecule has 0 aliphatic carbocycles. The third-order valence-corrected chi connectivity index (χ3v) is 5.08. The van der Waals surface area contributed by atoms with Crippen molar-refractivity contribution in [1.29, 1.82) is 0 Å². The Balaban J connectivity index is 1.74. The van der Waals surface area contributed by atoms with Gasteiger partial charge in [-0.25, -0.2) is 0 Å². The first-order valence-corrected chi connectivity index (χ1v) is 8.05. The second-order valence-electron chi connectivity index (χ2n) is 6.42. The van der Waals surface area contributed by atoms with Crippen molar-refractivity contribution in [2.24, 2.45) is 5.73 Å². The lowest BCUT2D eigenvalue weighted by molar-refractivity contribution is 0.109. The van der Waals surface area contributed by atoms with Gasteiger partial charge < -0.3 is 15.4 Å². The molecule has 0 spiro atoms. The van der Waals surface area contributed by atoms with Crippen molar-refractivity contribution < 1.29 is 4.74 Å². The third kappa shape index (κ3) is 3.07. The molecule has 116 valence electrons. The van der Waals surface area contributed by atoms with Gasteiger partial charge in [0.25, 0.3) is 0 Å². The quantitative estimate of drug-likeness (QED) is 0.915. The second kappa shape index (κ2) is 6.34. The maximum atomic E-state index is 6.10. The van der Waals surface area contributed by atoms with Crippen molar-refractivity contribution in [1.82, 2.24) is 9.80 Å². The minimum atomic E-state index is 0.310. The molecule has 2 N–H and O–H groups in total. The van der Waals surface area contributed by atoms with E-state index in [9.17, 15) is 0 Å². The molecule has 21 heavy (non-hydrogen) atoms. The van der Waals surface area contributed by atoms with Crippen LogP contribution in [0.2, 0.25) is 0 Å². The molecule has 1 aromatic rings. The molecular weight excluding hydrogens is 262 g/mol. The van der Waals surface area contributed by atoms with Crippen molar-refractivity contribution in [2.45, 2.75) is 31.3 Å². The van der Waals surface area contributed by atoms with Crippen LogP contribution in [0.4, 0.5) is 0 Å².